The SMILES string of the molecule is BBB(O)C(C)C. The number of rotatable bonds is 2. The molecular formula is C3H11B3O. The van der Waals surface area contributed by atoms with E-state index in [1.165, 1.54) is 0 Å². The highest BCUT2D eigenvalue weighted by atomic mass is 16.2. The highest BCUT2D eigenvalue weighted by Gasteiger charge is 2.10. The maximum absolute atomic E-state index is 8.94. The van der Waals surface area contributed by atoms with E-state index in [1.54, 1.807) is 0 Å². The van der Waals surface area contributed by atoms with Crippen molar-refractivity contribution in [2.24, 2.45) is 0 Å². The quantitative estimate of drug-likeness (QED) is 0.430. The summed E-state index contributed by atoms with van der Waals surface area (Å²) in [5, 5.41) is 8.94. The molecule has 0 rings (SSSR count). The Labute approximate surface area is 47.2 Å². The third kappa shape index (κ3) is 2.80. The van der Waals surface area contributed by atoms with Crippen molar-refractivity contribution in [1.82, 2.24) is 0 Å². The molecule has 38 valence electrons. The summed E-state index contributed by atoms with van der Waals surface area (Å²) in [6.07, 6.45) is 0. The van der Waals surface area contributed by atoms with E-state index >= 15 is 0 Å². The molecule has 0 spiro atoms. The zero-order valence-corrected chi connectivity index (χ0v) is 5.31. The Bertz CT molecular complexity index is 47.4. The monoisotopic (exact) mass is 96.1 g/mol. The van der Waals surface area contributed by atoms with Gasteiger partial charge in [0.15, 0.2) is 0 Å². The first-order valence-corrected chi connectivity index (χ1v) is 2.86. The number of hydrogen-bond donors (Lipinski definition) is 1. The smallest absolute Gasteiger partial charge is 0.240 e. The van der Waals surface area contributed by atoms with Crippen molar-refractivity contribution in [3.8, 4) is 0 Å². The number of hydrogen-bond acceptors (Lipinski definition) is 1. The molecule has 0 radical (unpaired) electrons. The van der Waals surface area contributed by atoms with Crippen molar-refractivity contribution in [2.45, 2.75) is 19.7 Å². The van der Waals surface area contributed by atoms with Gasteiger partial charge in [0.1, 0.15) is 0 Å². The van der Waals surface area contributed by atoms with Crippen LogP contribution in [0.5, 0.6) is 0 Å². The Morgan fingerprint density at radius 1 is 1.71 bits per heavy atom. The lowest BCUT2D eigenvalue weighted by Gasteiger charge is -2.03. The van der Waals surface area contributed by atoms with Crippen molar-refractivity contribution in [3.63, 3.8) is 0 Å². The molecule has 4 heteroatoms. The molecule has 0 aliphatic carbocycles. The third-order valence-electron chi connectivity index (χ3n) is 1.19. The van der Waals surface area contributed by atoms with E-state index in [9.17, 15) is 0 Å². The van der Waals surface area contributed by atoms with Crippen LogP contribution < -0.4 is 0 Å². The first-order valence-electron chi connectivity index (χ1n) is 2.86. The Balaban J connectivity index is 3.14. The Morgan fingerprint density at radius 3 is 2.14 bits per heavy atom. The molecule has 0 aromatic rings. The van der Waals surface area contributed by atoms with Crippen LogP contribution in [0.3, 0.4) is 0 Å². The predicted molar refractivity (Wildman–Crippen MR) is 38.8 cm³/mol. The van der Waals surface area contributed by atoms with Gasteiger partial charge >= 0.3 is 0 Å². The summed E-state index contributed by atoms with van der Waals surface area (Å²) in [6, 6.07) is 0. The minimum Gasteiger partial charge on any atom is -0.459 e. The lowest BCUT2D eigenvalue weighted by molar-refractivity contribution is 0.577. The fourth-order valence-corrected chi connectivity index (χ4v) is 0.471. The van der Waals surface area contributed by atoms with Gasteiger partial charge in [-0.15, -0.1) is 0 Å². The van der Waals surface area contributed by atoms with Crippen LogP contribution in [0.15, 0.2) is 0 Å². The highest BCUT2D eigenvalue weighted by molar-refractivity contribution is 7.29. The summed E-state index contributed by atoms with van der Waals surface area (Å²) in [7, 11) is 2.86. The van der Waals surface area contributed by atoms with Crippen molar-refractivity contribution in [1.29, 1.82) is 0 Å². The van der Waals surface area contributed by atoms with Crippen molar-refractivity contribution in [3.05, 3.63) is 0 Å². The van der Waals surface area contributed by atoms with Gasteiger partial charge in [-0.25, -0.2) is 0 Å². The van der Waals surface area contributed by atoms with Crippen LogP contribution in [-0.2, 0) is 0 Å². The maximum Gasteiger partial charge on any atom is 0.240 e. The molecule has 0 fully saturated rings. The second-order valence-corrected chi connectivity index (χ2v) is 2.22. The van der Waals surface area contributed by atoms with Gasteiger partial charge in [-0.2, -0.15) is 0 Å². The molecule has 0 atom stereocenters. The van der Waals surface area contributed by atoms with Crippen LogP contribution in [0.2, 0.25) is 5.82 Å². The second kappa shape index (κ2) is 3.19. The summed E-state index contributed by atoms with van der Waals surface area (Å²) in [5.41, 5.74) is 0. The molecule has 0 saturated carbocycles. The molecule has 0 aromatic heterocycles. The zero-order chi connectivity index (χ0) is 5.86. The predicted octanol–water partition coefficient (Wildman–Crippen LogP) is -1.14. The summed E-state index contributed by atoms with van der Waals surface area (Å²) < 4.78 is 0. The van der Waals surface area contributed by atoms with Crippen LogP contribution in [0.25, 0.3) is 0 Å². The van der Waals surface area contributed by atoms with Crippen molar-refractivity contribution in [2.75, 3.05) is 0 Å². The first kappa shape index (κ1) is 7.15. The average molecular weight is 95.6 g/mol. The molecule has 0 aliphatic heterocycles. The minimum atomic E-state index is -0.0972. The normalized spacial score (nSPS) is 9.14. The molecule has 0 aromatic carbocycles. The van der Waals surface area contributed by atoms with Gasteiger partial charge in [-0.1, -0.05) is 13.8 Å². The molecule has 1 nitrogen and oxygen atoms in total. The zero-order valence-electron chi connectivity index (χ0n) is 5.31. The molecule has 7 heavy (non-hydrogen) atoms. The molecule has 0 saturated heterocycles. The van der Waals surface area contributed by atoms with Crippen LogP contribution in [-0.4, -0.2) is 26.6 Å². The van der Waals surface area contributed by atoms with Gasteiger partial charge in [0, 0.05) is 0 Å². The van der Waals surface area contributed by atoms with Crippen molar-refractivity contribution < 1.29 is 5.02 Å². The van der Waals surface area contributed by atoms with Crippen LogP contribution in [0, 0.1) is 0 Å². The first-order chi connectivity index (χ1) is 3.18. The van der Waals surface area contributed by atoms with Gasteiger partial charge in [0.2, 0.25) is 6.81 Å². The summed E-state index contributed by atoms with van der Waals surface area (Å²) in [5.74, 6) is 0.421. The van der Waals surface area contributed by atoms with Gasteiger partial charge in [-0.3, -0.25) is 0 Å². The van der Waals surface area contributed by atoms with Crippen LogP contribution in [0.4, 0.5) is 0 Å². The molecule has 1 N–H and O–H groups in total. The third-order valence-corrected chi connectivity index (χ3v) is 1.19. The topological polar surface area (TPSA) is 20.2 Å². The van der Waals surface area contributed by atoms with E-state index in [2.05, 4.69) is 0 Å². The molecule has 0 heterocycles. The van der Waals surface area contributed by atoms with E-state index in [4.69, 9.17) is 5.02 Å². The van der Waals surface area contributed by atoms with E-state index < -0.39 is 0 Å². The Kier molecular flexibility index (Phi) is 3.27. The standard InChI is InChI=1S/C3H11B3O/c1-3(2)6(7)5-4/h3,5,7H,4H2,1-2H3. The van der Waals surface area contributed by atoms with Gasteiger partial charge in [0.05, 0.1) is 14.8 Å². The van der Waals surface area contributed by atoms with E-state index in [1.807, 2.05) is 21.6 Å². The Morgan fingerprint density at radius 2 is 2.14 bits per heavy atom. The summed E-state index contributed by atoms with van der Waals surface area (Å²) in [6.45, 7) is 3.95. The average Bonchev–Trinajstić information content (AvgIpc) is 1.65. The van der Waals surface area contributed by atoms with Gasteiger partial charge < -0.3 is 5.02 Å². The van der Waals surface area contributed by atoms with Crippen molar-refractivity contribution >= 4 is 21.6 Å². The fourth-order valence-electron chi connectivity index (χ4n) is 0.471. The lowest BCUT2D eigenvalue weighted by atomic mass is 9.19. The molecule has 0 amide bonds. The molecule has 0 aliphatic rings. The largest absolute Gasteiger partial charge is 0.459 e. The summed E-state index contributed by atoms with van der Waals surface area (Å²) in [4.78, 5) is 0. The van der Waals surface area contributed by atoms with E-state index in [-0.39, 0.29) is 6.81 Å². The van der Waals surface area contributed by atoms with Crippen LogP contribution in [0.1, 0.15) is 13.8 Å². The van der Waals surface area contributed by atoms with Gasteiger partial charge in [-0.05, 0) is 5.82 Å². The minimum absolute atomic E-state index is 0.0972. The van der Waals surface area contributed by atoms with Gasteiger partial charge in [0.25, 0.3) is 0 Å². The molecule has 0 bridgehead atoms. The lowest BCUT2D eigenvalue weighted by Crippen LogP contribution is -2.25. The molecular weight excluding hydrogens is 84.5 g/mol. The van der Waals surface area contributed by atoms with Crippen LogP contribution >= 0.6 is 0 Å². The van der Waals surface area contributed by atoms with E-state index in [0.717, 1.165) is 7.06 Å². The van der Waals surface area contributed by atoms with E-state index in [0.29, 0.717) is 5.82 Å². The second-order valence-electron chi connectivity index (χ2n) is 2.22. The molecule has 0 unspecified atom stereocenters. The highest BCUT2D eigenvalue weighted by Crippen LogP contribution is 2.00. The maximum atomic E-state index is 8.94. The fraction of sp³-hybridized carbons (Fsp3) is 1.00. The summed E-state index contributed by atoms with van der Waals surface area (Å²) >= 11 is 0. The Hall–Kier alpha value is 0.155.